The molecule has 1 aliphatic carbocycles. The first-order valence-corrected chi connectivity index (χ1v) is 10.6. The molecule has 0 spiro atoms. The van der Waals surface area contributed by atoms with Gasteiger partial charge in [-0.05, 0) is 43.9 Å². The second-order valence-electron chi connectivity index (χ2n) is 8.44. The fraction of sp³-hybridized carbons (Fsp3) is 0.900. The number of rotatable bonds is 5. The van der Waals surface area contributed by atoms with Crippen molar-refractivity contribution in [3.63, 3.8) is 0 Å². The lowest BCUT2D eigenvalue weighted by molar-refractivity contribution is -0.130. The molecule has 2 saturated heterocycles. The third-order valence-corrected chi connectivity index (χ3v) is 6.45. The minimum absolute atomic E-state index is 0.206. The van der Waals surface area contributed by atoms with Gasteiger partial charge in [-0.3, -0.25) is 9.79 Å². The third-order valence-electron chi connectivity index (χ3n) is 6.45. The molecule has 0 radical (unpaired) electrons. The largest absolute Gasteiger partial charge is 0.356 e. The molecule has 26 heavy (non-hydrogen) atoms. The normalized spacial score (nSPS) is 26.5. The van der Waals surface area contributed by atoms with Crippen LogP contribution in [0.2, 0.25) is 0 Å². The summed E-state index contributed by atoms with van der Waals surface area (Å²) in [6.07, 6.45) is 9.11. The molecular formula is C20H37N5O. The molecule has 2 N–H and O–H groups in total. The maximum Gasteiger partial charge on any atom is 0.219 e. The predicted octanol–water partition coefficient (Wildman–Crippen LogP) is 1.67. The lowest BCUT2D eigenvalue weighted by atomic mass is 9.97. The van der Waals surface area contributed by atoms with Gasteiger partial charge in [-0.15, -0.1) is 0 Å². The van der Waals surface area contributed by atoms with Crippen LogP contribution in [0.1, 0.15) is 51.9 Å². The van der Waals surface area contributed by atoms with E-state index in [1.54, 1.807) is 6.92 Å². The van der Waals surface area contributed by atoms with E-state index in [2.05, 4.69) is 20.5 Å². The standard InChI is InChI=1S/C20H37N5O/c1-16(26)25-11-7-17(8-12-25)13-22-20(21-2)23-19-9-10-24(15-19)14-18-5-3-4-6-18/h17-19H,3-15H2,1-2H3,(H2,21,22,23). The summed E-state index contributed by atoms with van der Waals surface area (Å²) in [6, 6.07) is 0.516. The van der Waals surface area contributed by atoms with Gasteiger partial charge in [0.25, 0.3) is 0 Å². The van der Waals surface area contributed by atoms with E-state index < -0.39 is 0 Å². The van der Waals surface area contributed by atoms with E-state index in [-0.39, 0.29) is 5.91 Å². The fourth-order valence-electron chi connectivity index (χ4n) is 4.76. The van der Waals surface area contributed by atoms with Gasteiger partial charge in [0.1, 0.15) is 0 Å². The van der Waals surface area contributed by atoms with Gasteiger partial charge in [0.15, 0.2) is 5.96 Å². The summed E-state index contributed by atoms with van der Waals surface area (Å²) in [4.78, 5) is 20.4. The van der Waals surface area contributed by atoms with Crippen LogP contribution in [0, 0.1) is 11.8 Å². The molecule has 6 heteroatoms. The van der Waals surface area contributed by atoms with E-state index in [1.165, 1.54) is 45.2 Å². The molecule has 0 bridgehead atoms. The van der Waals surface area contributed by atoms with E-state index in [1.807, 2.05) is 11.9 Å². The zero-order valence-corrected chi connectivity index (χ0v) is 16.7. The topological polar surface area (TPSA) is 60.0 Å². The number of aliphatic imine (C=N–C) groups is 1. The Bertz CT molecular complexity index is 481. The Kier molecular flexibility index (Phi) is 7.17. The van der Waals surface area contributed by atoms with E-state index in [4.69, 9.17) is 0 Å². The van der Waals surface area contributed by atoms with Gasteiger partial charge in [0.2, 0.25) is 5.91 Å². The van der Waals surface area contributed by atoms with E-state index in [0.29, 0.717) is 12.0 Å². The first-order chi connectivity index (χ1) is 12.6. The van der Waals surface area contributed by atoms with Crippen LogP contribution in [0.15, 0.2) is 4.99 Å². The second-order valence-corrected chi connectivity index (χ2v) is 8.44. The number of piperidine rings is 1. The molecule has 1 atom stereocenters. The molecule has 2 heterocycles. The van der Waals surface area contributed by atoms with Crippen LogP contribution in [-0.4, -0.2) is 74.0 Å². The molecule has 0 aromatic heterocycles. The Morgan fingerprint density at radius 1 is 1.04 bits per heavy atom. The van der Waals surface area contributed by atoms with Gasteiger partial charge >= 0.3 is 0 Å². The minimum Gasteiger partial charge on any atom is -0.356 e. The van der Waals surface area contributed by atoms with Gasteiger partial charge in [-0.2, -0.15) is 0 Å². The Labute approximate surface area is 158 Å². The van der Waals surface area contributed by atoms with E-state index in [0.717, 1.165) is 50.9 Å². The van der Waals surface area contributed by atoms with E-state index in [9.17, 15) is 4.79 Å². The number of carbonyl (C=O) groups excluding carboxylic acids is 1. The van der Waals surface area contributed by atoms with Crippen LogP contribution in [0.3, 0.4) is 0 Å². The monoisotopic (exact) mass is 363 g/mol. The van der Waals surface area contributed by atoms with Crippen LogP contribution in [-0.2, 0) is 4.79 Å². The van der Waals surface area contributed by atoms with Crippen molar-refractivity contribution in [2.45, 2.75) is 57.9 Å². The van der Waals surface area contributed by atoms with Crippen molar-refractivity contribution < 1.29 is 4.79 Å². The number of guanidine groups is 1. The van der Waals surface area contributed by atoms with Crippen molar-refractivity contribution in [3.05, 3.63) is 0 Å². The van der Waals surface area contributed by atoms with Crippen LogP contribution >= 0.6 is 0 Å². The highest BCUT2D eigenvalue weighted by atomic mass is 16.2. The zero-order chi connectivity index (χ0) is 18.4. The number of hydrogen-bond acceptors (Lipinski definition) is 3. The molecule has 3 aliphatic rings. The first kappa shape index (κ1) is 19.5. The third kappa shape index (κ3) is 5.60. The predicted molar refractivity (Wildman–Crippen MR) is 106 cm³/mol. The molecule has 148 valence electrons. The molecule has 0 aromatic carbocycles. The van der Waals surface area contributed by atoms with Gasteiger partial charge < -0.3 is 20.4 Å². The van der Waals surface area contributed by atoms with Crippen molar-refractivity contribution in [2.75, 3.05) is 46.3 Å². The number of likely N-dealkylation sites (tertiary alicyclic amines) is 2. The summed E-state index contributed by atoms with van der Waals surface area (Å²) in [5, 5.41) is 7.13. The molecule has 6 nitrogen and oxygen atoms in total. The van der Waals surface area contributed by atoms with Crippen LogP contribution in [0.5, 0.6) is 0 Å². The van der Waals surface area contributed by atoms with Gasteiger partial charge in [-0.25, -0.2) is 0 Å². The Balaban J connectivity index is 1.34. The number of nitrogens with zero attached hydrogens (tertiary/aromatic N) is 3. The highest BCUT2D eigenvalue weighted by molar-refractivity contribution is 5.80. The molecule has 3 rings (SSSR count). The van der Waals surface area contributed by atoms with Gasteiger partial charge in [-0.1, -0.05) is 12.8 Å². The summed E-state index contributed by atoms with van der Waals surface area (Å²) in [6.45, 7) is 8.06. The zero-order valence-electron chi connectivity index (χ0n) is 16.7. The summed E-state index contributed by atoms with van der Waals surface area (Å²) < 4.78 is 0. The quantitative estimate of drug-likeness (QED) is 0.576. The van der Waals surface area contributed by atoms with Crippen molar-refractivity contribution in [2.24, 2.45) is 16.8 Å². The molecule has 3 fully saturated rings. The van der Waals surface area contributed by atoms with Crippen LogP contribution in [0.4, 0.5) is 0 Å². The van der Waals surface area contributed by atoms with Gasteiger partial charge in [0, 0.05) is 59.3 Å². The van der Waals surface area contributed by atoms with Crippen molar-refractivity contribution in [1.82, 2.24) is 20.4 Å². The molecule has 0 aromatic rings. The van der Waals surface area contributed by atoms with Crippen molar-refractivity contribution >= 4 is 11.9 Å². The molecular weight excluding hydrogens is 326 g/mol. The summed E-state index contributed by atoms with van der Waals surface area (Å²) in [7, 11) is 1.86. The van der Waals surface area contributed by atoms with Crippen LogP contribution in [0.25, 0.3) is 0 Å². The Morgan fingerprint density at radius 3 is 2.42 bits per heavy atom. The minimum atomic E-state index is 0.206. The molecule has 2 aliphatic heterocycles. The van der Waals surface area contributed by atoms with Crippen LogP contribution < -0.4 is 10.6 Å². The Morgan fingerprint density at radius 2 is 1.77 bits per heavy atom. The van der Waals surface area contributed by atoms with Crippen molar-refractivity contribution in [1.29, 1.82) is 0 Å². The SMILES string of the molecule is CN=C(NCC1CCN(C(C)=O)CC1)NC1CCN(CC2CCCC2)C1. The molecule has 1 unspecified atom stereocenters. The first-order valence-electron chi connectivity index (χ1n) is 10.6. The van der Waals surface area contributed by atoms with Crippen molar-refractivity contribution in [3.8, 4) is 0 Å². The summed E-state index contributed by atoms with van der Waals surface area (Å²) in [5.41, 5.74) is 0. The Hall–Kier alpha value is -1.30. The lowest BCUT2D eigenvalue weighted by Gasteiger charge is -2.31. The summed E-state index contributed by atoms with van der Waals surface area (Å²) in [5.74, 6) is 2.71. The lowest BCUT2D eigenvalue weighted by Crippen LogP contribution is -2.47. The average molecular weight is 364 g/mol. The number of hydrogen-bond donors (Lipinski definition) is 2. The average Bonchev–Trinajstić information content (AvgIpc) is 3.31. The fourth-order valence-corrected chi connectivity index (χ4v) is 4.76. The highest BCUT2D eigenvalue weighted by Gasteiger charge is 2.27. The number of carbonyl (C=O) groups is 1. The van der Waals surface area contributed by atoms with E-state index >= 15 is 0 Å². The number of amides is 1. The highest BCUT2D eigenvalue weighted by Crippen LogP contribution is 2.26. The number of nitrogens with one attached hydrogen (secondary N) is 2. The second kappa shape index (κ2) is 9.58. The summed E-state index contributed by atoms with van der Waals surface area (Å²) >= 11 is 0. The smallest absolute Gasteiger partial charge is 0.219 e. The van der Waals surface area contributed by atoms with Gasteiger partial charge in [0.05, 0.1) is 0 Å². The molecule has 1 amide bonds. The maximum absolute atomic E-state index is 11.4. The maximum atomic E-state index is 11.4. The molecule has 1 saturated carbocycles.